The van der Waals surface area contributed by atoms with Crippen molar-refractivity contribution in [1.29, 1.82) is 0 Å². The molecule has 0 spiro atoms. The van der Waals surface area contributed by atoms with Crippen LogP contribution in [0.15, 0.2) is 23.1 Å². The molecule has 1 amide bonds. The van der Waals surface area contributed by atoms with Crippen LogP contribution in [0.1, 0.15) is 64.2 Å². The Kier molecular flexibility index (Phi) is 9.40. The van der Waals surface area contributed by atoms with Crippen molar-refractivity contribution >= 4 is 15.9 Å². The van der Waals surface area contributed by atoms with Gasteiger partial charge in [0.2, 0.25) is 15.9 Å². The van der Waals surface area contributed by atoms with E-state index in [2.05, 4.69) is 29.0 Å². The van der Waals surface area contributed by atoms with Gasteiger partial charge < -0.3 is 19.7 Å². The maximum atomic E-state index is 12.5. The van der Waals surface area contributed by atoms with Gasteiger partial charge >= 0.3 is 0 Å². The van der Waals surface area contributed by atoms with Crippen molar-refractivity contribution in [2.45, 2.75) is 74.6 Å². The van der Waals surface area contributed by atoms with E-state index in [0.29, 0.717) is 50.6 Å². The molecule has 1 aromatic rings. The number of nitrogens with one attached hydrogen (secondary N) is 2. The predicted molar refractivity (Wildman–Crippen MR) is 128 cm³/mol. The molecule has 33 heavy (non-hydrogen) atoms. The van der Waals surface area contributed by atoms with Gasteiger partial charge in [-0.05, 0) is 51.9 Å². The van der Waals surface area contributed by atoms with Gasteiger partial charge in [0.1, 0.15) is 13.2 Å². The van der Waals surface area contributed by atoms with Crippen molar-refractivity contribution in [2.75, 3.05) is 40.4 Å². The first-order valence-corrected chi connectivity index (χ1v) is 13.6. The van der Waals surface area contributed by atoms with Crippen LogP contribution in [0.5, 0.6) is 11.5 Å². The number of carbonyl (C=O) groups excluding carboxylic acids is 1. The second kappa shape index (κ2) is 12.0. The van der Waals surface area contributed by atoms with Crippen LogP contribution in [0.2, 0.25) is 0 Å². The number of benzene rings is 1. The van der Waals surface area contributed by atoms with Gasteiger partial charge in [0.15, 0.2) is 11.5 Å². The molecular weight excluding hydrogens is 442 g/mol. The van der Waals surface area contributed by atoms with Crippen LogP contribution < -0.4 is 19.5 Å². The van der Waals surface area contributed by atoms with Crippen LogP contribution in [-0.4, -0.2) is 65.2 Å². The summed E-state index contributed by atoms with van der Waals surface area (Å²) in [5, 5.41) is 3.15. The van der Waals surface area contributed by atoms with E-state index in [4.69, 9.17) is 9.47 Å². The minimum atomic E-state index is -3.61. The summed E-state index contributed by atoms with van der Waals surface area (Å²) in [4.78, 5) is 14.8. The third kappa shape index (κ3) is 7.32. The molecule has 0 saturated heterocycles. The van der Waals surface area contributed by atoms with Crippen LogP contribution in [-0.2, 0) is 14.8 Å². The fourth-order valence-corrected chi connectivity index (χ4v) is 5.68. The normalized spacial score (nSPS) is 18.0. The number of rotatable bonds is 11. The van der Waals surface area contributed by atoms with Gasteiger partial charge in [-0.2, -0.15) is 0 Å². The maximum absolute atomic E-state index is 12.5. The van der Waals surface area contributed by atoms with Gasteiger partial charge in [0.25, 0.3) is 0 Å². The number of hydrogen-bond acceptors (Lipinski definition) is 6. The first-order valence-electron chi connectivity index (χ1n) is 12.2. The number of nitrogens with zero attached hydrogens (tertiary/aromatic N) is 1. The summed E-state index contributed by atoms with van der Waals surface area (Å²) in [5.41, 5.74) is 0.0677. The number of hydrogen-bond donors (Lipinski definition) is 2. The highest BCUT2D eigenvalue weighted by Crippen LogP contribution is 2.32. The standard InChI is InChI=1S/C24H39N3O5S/c1-27(2)24(13-7-3-4-8-14-24)19-25-23(28)10-6-5-9-15-26-33(29,30)20-11-12-21-22(18-20)32-17-16-31-21/h11-12,18,26H,3-10,13-17,19H2,1-2H3,(H,25,28). The molecule has 0 aromatic heterocycles. The van der Waals surface area contributed by atoms with Crippen molar-refractivity contribution < 1.29 is 22.7 Å². The number of amides is 1. The van der Waals surface area contributed by atoms with E-state index < -0.39 is 10.0 Å². The summed E-state index contributed by atoms with van der Waals surface area (Å²) in [6, 6.07) is 4.64. The number of carbonyl (C=O) groups is 1. The zero-order valence-corrected chi connectivity index (χ0v) is 20.8. The average Bonchev–Trinajstić information content (AvgIpc) is 3.06. The van der Waals surface area contributed by atoms with Gasteiger partial charge in [-0.15, -0.1) is 0 Å². The Morgan fingerprint density at radius 2 is 1.70 bits per heavy atom. The first-order chi connectivity index (χ1) is 15.8. The second-order valence-corrected chi connectivity index (χ2v) is 11.1. The Bertz CT molecular complexity index is 880. The van der Waals surface area contributed by atoms with E-state index in [1.165, 1.54) is 37.8 Å². The van der Waals surface area contributed by atoms with E-state index in [9.17, 15) is 13.2 Å². The lowest BCUT2D eigenvalue weighted by Crippen LogP contribution is -2.52. The fourth-order valence-electron chi connectivity index (χ4n) is 4.59. The van der Waals surface area contributed by atoms with Crippen LogP contribution in [0.25, 0.3) is 0 Å². The first kappa shape index (κ1) is 25.8. The molecule has 1 saturated carbocycles. The Labute approximate surface area is 198 Å². The molecule has 0 radical (unpaired) electrons. The van der Waals surface area contributed by atoms with Crippen molar-refractivity contribution in [3.05, 3.63) is 18.2 Å². The fraction of sp³-hybridized carbons (Fsp3) is 0.708. The lowest BCUT2D eigenvalue weighted by Gasteiger charge is -2.39. The number of fused-ring (bicyclic) bond motifs is 1. The van der Waals surface area contributed by atoms with Gasteiger partial charge in [-0.1, -0.05) is 32.1 Å². The number of unbranched alkanes of at least 4 members (excludes halogenated alkanes) is 2. The number of likely N-dealkylation sites (N-methyl/N-ethyl adjacent to an activating group) is 1. The molecule has 0 atom stereocenters. The highest BCUT2D eigenvalue weighted by atomic mass is 32.2. The zero-order valence-electron chi connectivity index (χ0n) is 20.0. The van der Waals surface area contributed by atoms with E-state index >= 15 is 0 Å². The summed E-state index contributed by atoms with van der Waals surface area (Å²) in [6.07, 6.45) is 9.93. The second-order valence-electron chi connectivity index (χ2n) is 9.32. The minimum Gasteiger partial charge on any atom is -0.486 e. The number of ether oxygens (including phenoxy) is 2. The smallest absolute Gasteiger partial charge is 0.240 e. The van der Waals surface area contributed by atoms with Gasteiger partial charge in [0, 0.05) is 31.1 Å². The molecule has 0 unspecified atom stereocenters. The van der Waals surface area contributed by atoms with Crippen molar-refractivity contribution in [3.8, 4) is 11.5 Å². The molecule has 1 fully saturated rings. The summed E-state index contributed by atoms with van der Waals surface area (Å²) in [7, 11) is 0.623. The highest BCUT2D eigenvalue weighted by Gasteiger charge is 2.33. The van der Waals surface area contributed by atoms with E-state index in [1.807, 2.05) is 0 Å². The molecule has 2 aliphatic rings. The third-order valence-electron chi connectivity index (χ3n) is 6.79. The molecule has 186 valence electrons. The average molecular weight is 482 g/mol. The molecule has 1 aromatic carbocycles. The monoisotopic (exact) mass is 481 g/mol. The molecule has 2 N–H and O–H groups in total. The SMILES string of the molecule is CN(C)C1(CNC(=O)CCCCCNS(=O)(=O)c2ccc3c(c2)OCCO3)CCCCCC1. The number of sulfonamides is 1. The zero-order chi connectivity index (χ0) is 23.7. The Morgan fingerprint density at radius 1 is 1.00 bits per heavy atom. The molecule has 1 aliphatic carbocycles. The van der Waals surface area contributed by atoms with Crippen molar-refractivity contribution in [3.63, 3.8) is 0 Å². The third-order valence-corrected chi connectivity index (χ3v) is 8.25. The highest BCUT2D eigenvalue weighted by molar-refractivity contribution is 7.89. The van der Waals surface area contributed by atoms with E-state index in [0.717, 1.165) is 25.7 Å². The molecular formula is C24H39N3O5S. The van der Waals surface area contributed by atoms with Crippen molar-refractivity contribution in [2.24, 2.45) is 0 Å². The largest absolute Gasteiger partial charge is 0.486 e. The molecule has 1 heterocycles. The lowest BCUT2D eigenvalue weighted by atomic mass is 9.88. The predicted octanol–water partition coefficient (Wildman–Crippen LogP) is 3.07. The Morgan fingerprint density at radius 3 is 2.39 bits per heavy atom. The van der Waals surface area contributed by atoms with Crippen LogP contribution in [0.3, 0.4) is 0 Å². The van der Waals surface area contributed by atoms with Gasteiger partial charge in [-0.25, -0.2) is 13.1 Å². The van der Waals surface area contributed by atoms with Gasteiger partial charge in [0.05, 0.1) is 4.90 Å². The molecule has 3 rings (SSSR count). The summed E-state index contributed by atoms with van der Waals surface area (Å²) < 4.78 is 38.6. The maximum Gasteiger partial charge on any atom is 0.240 e. The molecule has 8 nitrogen and oxygen atoms in total. The lowest BCUT2D eigenvalue weighted by molar-refractivity contribution is -0.121. The molecule has 0 bridgehead atoms. The van der Waals surface area contributed by atoms with Crippen LogP contribution in [0.4, 0.5) is 0 Å². The van der Waals surface area contributed by atoms with Crippen LogP contribution in [0, 0.1) is 0 Å². The topological polar surface area (TPSA) is 97.0 Å². The quantitative estimate of drug-likeness (QED) is 0.372. The van der Waals surface area contributed by atoms with E-state index in [1.54, 1.807) is 6.07 Å². The summed E-state index contributed by atoms with van der Waals surface area (Å²) in [6.45, 7) is 1.91. The molecule has 9 heteroatoms. The van der Waals surface area contributed by atoms with Crippen LogP contribution >= 0.6 is 0 Å². The Hall–Kier alpha value is -1.84. The Balaban J connectivity index is 1.34. The summed E-state index contributed by atoms with van der Waals surface area (Å²) in [5.74, 6) is 1.10. The van der Waals surface area contributed by atoms with Crippen molar-refractivity contribution in [1.82, 2.24) is 14.9 Å². The molecule has 1 aliphatic heterocycles. The summed E-state index contributed by atoms with van der Waals surface area (Å²) >= 11 is 0. The minimum absolute atomic E-state index is 0.0677. The van der Waals surface area contributed by atoms with E-state index in [-0.39, 0.29) is 16.3 Å². The van der Waals surface area contributed by atoms with Gasteiger partial charge in [-0.3, -0.25) is 4.79 Å².